The summed E-state index contributed by atoms with van der Waals surface area (Å²) in [7, 11) is 1.64. The smallest absolute Gasteiger partial charge is 0.289 e. The molecule has 6 nitrogen and oxygen atoms in total. The molecule has 1 aliphatic rings. The minimum absolute atomic E-state index is 0.0518. The first-order valence-corrected chi connectivity index (χ1v) is 8.87. The molecule has 1 saturated heterocycles. The number of thiophene rings is 1. The van der Waals surface area contributed by atoms with Gasteiger partial charge < -0.3 is 15.1 Å². The van der Waals surface area contributed by atoms with Crippen molar-refractivity contribution in [2.75, 3.05) is 20.1 Å². The monoisotopic (exact) mass is 365 g/mol. The van der Waals surface area contributed by atoms with E-state index in [0.717, 1.165) is 0 Å². The van der Waals surface area contributed by atoms with E-state index in [4.69, 9.17) is 10.2 Å². The normalized spacial score (nSPS) is 20.7. The second-order valence-electron chi connectivity index (χ2n) is 6.21. The van der Waals surface area contributed by atoms with Crippen molar-refractivity contribution in [2.24, 2.45) is 5.73 Å². The van der Waals surface area contributed by atoms with E-state index in [2.05, 4.69) is 4.90 Å². The van der Waals surface area contributed by atoms with Gasteiger partial charge in [-0.05, 0) is 30.0 Å². The van der Waals surface area contributed by atoms with Crippen molar-refractivity contribution in [3.63, 3.8) is 0 Å². The van der Waals surface area contributed by atoms with E-state index in [0.29, 0.717) is 26.1 Å². The van der Waals surface area contributed by atoms with E-state index in [1.54, 1.807) is 18.4 Å². The molecule has 2 N–H and O–H groups in total. The van der Waals surface area contributed by atoms with Crippen LogP contribution in [0.25, 0.3) is 0 Å². The standard InChI is InChI=1S/C17H20FN3O3S/c1-20(17(23)15-5-4-14(24-15)16(19)22)9-12-7-11(18)8-21(12)10-13-3-2-6-25-13/h2-6,11-12H,7-10H2,1H3,(H2,19,22)/t11-,12-/m0/s1. The van der Waals surface area contributed by atoms with Crippen LogP contribution in [0.3, 0.4) is 0 Å². The number of carbonyl (C=O) groups excluding carboxylic acids is 2. The largest absolute Gasteiger partial charge is 0.446 e. The van der Waals surface area contributed by atoms with Crippen LogP contribution < -0.4 is 5.73 Å². The number of halogens is 1. The first kappa shape index (κ1) is 17.6. The summed E-state index contributed by atoms with van der Waals surface area (Å²) in [6.45, 7) is 1.44. The Bertz CT molecular complexity index is 746. The highest BCUT2D eigenvalue weighted by molar-refractivity contribution is 7.09. The lowest BCUT2D eigenvalue weighted by Crippen LogP contribution is -2.40. The number of furan rings is 1. The van der Waals surface area contributed by atoms with Gasteiger partial charge in [0.05, 0.1) is 0 Å². The van der Waals surface area contributed by atoms with Gasteiger partial charge in [-0.1, -0.05) is 6.07 Å². The molecule has 0 aliphatic carbocycles. The Labute approximate surface area is 149 Å². The van der Waals surface area contributed by atoms with Gasteiger partial charge in [0.2, 0.25) is 0 Å². The fraction of sp³-hybridized carbons (Fsp3) is 0.412. The van der Waals surface area contributed by atoms with Crippen LogP contribution in [0.2, 0.25) is 0 Å². The quantitative estimate of drug-likeness (QED) is 0.850. The molecule has 1 fully saturated rings. The van der Waals surface area contributed by atoms with Crippen molar-refractivity contribution in [2.45, 2.75) is 25.2 Å². The van der Waals surface area contributed by atoms with Crippen molar-refractivity contribution < 1.29 is 18.4 Å². The van der Waals surface area contributed by atoms with E-state index in [-0.39, 0.29) is 23.5 Å². The number of nitrogens with zero attached hydrogens (tertiary/aromatic N) is 2. The zero-order valence-electron chi connectivity index (χ0n) is 13.9. The highest BCUT2D eigenvalue weighted by Gasteiger charge is 2.34. The number of alkyl halides is 1. The third-order valence-corrected chi connectivity index (χ3v) is 5.17. The number of primary amides is 1. The van der Waals surface area contributed by atoms with Gasteiger partial charge >= 0.3 is 0 Å². The molecule has 0 aromatic carbocycles. The van der Waals surface area contributed by atoms with Gasteiger partial charge in [-0.25, -0.2) is 4.39 Å². The summed E-state index contributed by atoms with van der Waals surface area (Å²) in [4.78, 5) is 28.2. The maximum absolute atomic E-state index is 13.9. The fourth-order valence-corrected chi connectivity index (χ4v) is 3.81. The summed E-state index contributed by atoms with van der Waals surface area (Å²) < 4.78 is 19.1. The fourth-order valence-electron chi connectivity index (χ4n) is 3.08. The van der Waals surface area contributed by atoms with Crippen molar-refractivity contribution in [1.82, 2.24) is 9.80 Å². The van der Waals surface area contributed by atoms with Crippen LogP contribution in [0.1, 0.15) is 32.4 Å². The number of nitrogens with two attached hydrogens (primary N) is 1. The molecule has 0 saturated carbocycles. The zero-order valence-corrected chi connectivity index (χ0v) is 14.7. The number of likely N-dealkylation sites (tertiary alicyclic amines) is 1. The summed E-state index contributed by atoms with van der Waals surface area (Å²) in [6, 6.07) is 6.74. The van der Waals surface area contributed by atoms with Gasteiger partial charge in [0.15, 0.2) is 11.5 Å². The lowest BCUT2D eigenvalue weighted by molar-refractivity contribution is 0.0716. The van der Waals surface area contributed by atoms with Crippen LogP contribution in [0.15, 0.2) is 34.1 Å². The predicted octanol–water partition coefficient (Wildman–Crippen LogP) is 2.12. The van der Waals surface area contributed by atoms with Gasteiger partial charge in [0.1, 0.15) is 6.17 Å². The molecule has 2 amide bonds. The van der Waals surface area contributed by atoms with Gasteiger partial charge in [0.25, 0.3) is 11.8 Å². The van der Waals surface area contributed by atoms with E-state index >= 15 is 0 Å². The van der Waals surface area contributed by atoms with Gasteiger partial charge in [0, 0.05) is 37.6 Å². The van der Waals surface area contributed by atoms with Gasteiger partial charge in [-0.2, -0.15) is 0 Å². The first-order valence-electron chi connectivity index (χ1n) is 7.99. The number of hydrogen-bond donors (Lipinski definition) is 1. The average Bonchev–Trinajstić information content (AvgIpc) is 3.29. The Hall–Kier alpha value is -2.19. The van der Waals surface area contributed by atoms with Crippen molar-refractivity contribution in [3.05, 3.63) is 46.0 Å². The Kier molecular flexibility index (Phi) is 5.19. The lowest BCUT2D eigenvalue weighted by atomic mass is 10.2. The molecular weight excluding hydrogens is 345 g/mol. The van der Waals surface area contributed by atoms with Crippen LogP contribution in [0, 0.1) is 0 Å². The Morgan fingerprint density at radius 2 is 2.16 bits per heavy atom. The van der Waals surface area contributed by atoms with Gasteiger partial charge in [-0.3, -0.25) is 14.5 Å². The van der Waals surface area contributed by atoms with Crippen LogP contribution in [-0.4, -0.2) is 54.0 Å². The summed E-state index contributed by atoms with van der Waals surface area (Å²) in [5.41, 5.74) is 5.13. The molecule has 3 heterocycles. The highest BCUT2D eigenvalue weighted by atomic mass is 32.1. The third-order valence-electron chi connectivity index (χ3n) is 4.31. The molecule has 0 bridgehead atoms. The maximum atomic E-state index is 13.9. The molecule has 25 heavy (non-hydrogen) atoms. The Balaban J connectivity index is 1.64. The average molecular weight is 365 g/mol. The number of likely N-dealkylation sites (N-methyl/N-ethyl adjacent to an activating group) is 1. The van der Waals surface area contributed by atoms with E-state index in [9.17, 15) is 14.0 Å². The van der Waals surface area contributed by atoms with Crippen molar-refractivity contribution in [3.8, 4) is 0 Å². The summed E-state index contributed by atoms with van der Waals surface area (Å²) in [6.07, 6.45) is -0.494. The second kappa shape index (κ2) is 7.37. The SMILES string of the molecule is CN(C[C@@H]1C[C@H](F)CN1Cc1cccs1)C(=O)c1ccc(C(N)=O)o1. The van der Waals surface area contributed by atoms with E-state index in [1.165, 1.54) is 21.9 Å². The third kappa shape index (κ3) is 4.08. The first-order chi connectivity index (χ1) is 11.9. The van der Waals surface area contributed by atoms with E-state index < -0.39 is 12.1 Å². The van der Waals surface area contributed by atoms with E-state index in [1.807, 2.05) is 17.5 Å². The Morgan fingerprint density at radius 3 is 2.80 bits per heavy atom. The van der Waals surface area contributed by atoms with Crippen molar-refractivity contribution in [1.29, 1.82) is 0 Å². The predicted molar refractivity (Wildman–Crippen MR) is 92.2 cm³/mol. The maximum Gasteiger partial charge on any atom is 0.289 e. The minimum atomic E-state index is -0.890. The van der Waals surface area contributed by atoms with Crippen LogP contribution in [-0.2, 0) is 6.54 Å². The Morgan fingerprint density at radius 1 is 1.40 bits per heavy atom. The van der Waals surface area contributed by atoms with Crippen LogP contribution in [0.4, 0.5) is 4.39 Å². The van der Waals surface area contributed by atoms with Gasteiger partial charge in [-0.15, -0.1) is 11.3 Å². The zero-order chi connectivity index (χ0) is 18.0. The number of hydrogen-bond acceptors (Lipinski definition) is 5. The molecule has 0 spiro atoms. The molecule has 3 rings (SSSR count). The van der Waals surface area contributed by atoms with Crippen molar-refractivity contribution >= 4 is 23.2 Å². The number of carbonyl (C=O) groups is 2. The molecule has 2 aromatic rings. The minimum Gasteiger partial charge on any atom is -0.446 e. The lowest BCUT2D eigenvalue weighted by Gasteiger charge is -2.27. The van der Waals surface area contributed by atoms with Crippen LogP contribution in [0.5, 0.6) is 0 Å². The summed E-state index contributed by atoms with van der Waals surface area (Å²) >= 11 is 1.64. The molecule has 2 atom stereocenters. The summed E-state index contributed by atoms with van der Waals surface area (Å²) in [5, 5.41) is 2.00. The van der Waals surface area contributed by atoms with Crippen LogP contribution >= 0.6 is 11.3 Å². The molecule has 2 aromatic heterocycles. The molecule has 134 valence electrons. The topological polar surface area (TPSA) is 79.8 Å². The second-order valence-corrected chi connectivity index (χ2v) is 7.24. The highest BCUT2D eigenvalue weighted by Crippen LogP contribution is 2.25. The molecule has 0 unspecified atom stereocenters. The molecule has 8 heteroatoms. The number of amides is 2. The summed E-state index contributed by atoms with van der Waals surface area (Å²) in [5.74, 6) is -1.08. The molecule has 0 radical (unpaired) electrons. The number of rotatable bonds is 6. The molecular formula is C17H20FN3O3S. The molecule has 1 aliphatic heterocycles.